The van der Waals surface area contributed by atoms with Crippen molar-refractivity contribution in [2.45, 2.75) is 38.8 Å². The average Bonchev–Trinajstić information content (AvgIpc) is 3.30. The molecule has 11 heteroatoms. The number of fused-ring (bicyclic) bond motifs is 1. The number of thiazole rings is 1. The molecular formula is C20H24N4O5S2. The van der Waals surface area contributed by atoms with Crippen molar-refractivity contribution in [3.05, 3.63) is 39.6 Å². The molecule has 9 nitrogen and oxygen atoms in total. The molecule has 0 saturated carbocycles. The van der Waals surface area contributed by atoms with E-state index in [2.05, 4.69) is 9.97 Å². The van der Waals surface area contributed by atoms with Crippen molar-refractivity contribution >= 4 is 38.4 Å². The molecule has 0 N–H and O–H groups in total. The minimum absolute atomic E-state index is 0.0106. The van der Waals surface area contributed by atoms with Crippen LogP contribution in [0.2, 0.25) is 0 Å². The summed E-state index contributed by atoms with van der Waals surface area (Å²) in [6, 6.07) is 4.93. The van der Waals surface area contributed by atoms with Crippen molar-refractivity contribution in [2.75, 3.05) is 26.3 Å². The number of rotatable bonds is 6. The van der Waals surface area contributed by atoms with Crippen LogP contribution in [0.1, 0.15) is 33.1 Å². The van der Waals surface area contributed by atoms with E-state index in [1.165, 1.54) is 15.6 Å². The molecule has 2 aromatic heterocycles. The van der Waals surface area contributed by atoms with Crippen LogP contribution in [-0.2, 0) is 32.6 Å². The van der Waals surface area contributed by atoms with Crippen LogP contribution < -0.4 is 0 Å². The third-order valence-corrected chi connectivity index (χ3v) is 8.09. The largest absolute Gasteiger partial charge is 0.453 e. The van der Waals surface area contributed by atoms with Crippen LogP contribution in [0.4, 0.5) is 0 Å². The summed E-state index contributed by atoms with van der Waals surface area (Å²) in [5.74, 6) is 0.124. The number of aromatic nitrogens is 3. The maximum absolute atomic E-state index is 13.0. The SMILES string of the molecule is CCn1c(COC(=O)c2sc(C)nc2C)nc2cc(S(=O)(=O)N3CCOCC3)ccc21. The average molecular weight is 465 g/mol. The minimum atomic E-state index is -3.61. The topological polar surface area (TPSA) is 104 Å². The van der Waals surface area contributed by atoms with Gasteiger partial charge in [0.15, 0.2) is 0 Å². The van der Waals surface area contributed by atoms with E-state index in [1.54, 1.807) is 25.1 Å². The van der Waals surface area contributed by atoms with Gasteiger partial charge in [-0.3, -0.25) is 0 Å². The van der Waals surface area contributed by atoms with Gasteiger partial charge in [0.1, 0.15) is 17.3 Å². The number of benzene rings is 1. The third-order valence-electron chi connectivity index (χ3n) is 5.14. The summed E-state index contributed by atoms with van der Waals surface area (Å²) in [6.45, 7) is 7.62. The van der Waals surface area contributed by atoms with E-state index in [1.807, 2.05) is 18.4 Å². The molecule has 4 rings (SSSR count). The summed E-state index contributed by atoms with van der Waals surface area (Å²) in [7, 11) is -3.61. The Hall–Kier alpha value is -2.34. The second kappa shape index (κ2) is 8.65. The molecule has 1 fully saturated rings. The van der Waals surface area contributed by atoms with E-state index in [0.29, 0.717) is 54.8 Å². The molecule has 0 radical (unpaired) electrons. The van der Waals surface area contributed by atoms with Gasteiger partial charge in [-0.25, -0.2) is 23.2 Å². The van der Waals surface area contributed by atoms with E-state index >= 15 is 0 Å². The summed E-state index contributed by atoms with van der Waals surface area (Å²) < 4.78 is 40.0. The minimum Gasteiger partial charge on any atom is -0.453 e. The highest BCUT2D eigenvalue weighted by Crippen LogP contribution is 2.25. The summed E-state index contributed by atoms with van der Waals surface area (Å²) >= 11 is 1.30. The Balaban J connectivity index is 1.60. The molecule has 0 aliphatic carbocycles. The number of morpholine rings is 1. The van der Waals surface area contributed by atoms with Gasteiger partial charge in [0.2, 0.25) is 10.0 Å². The normalized spacial score (nSPS) is 15.5. The number of aryl methyl sites for hydroxylation is 3. The number of nitrogens with zero attached hydrogens (tertiary/aromatic N) is 4. The Labute approximate surface area is 184 Å². The summed E-state index contributed by atoms with van der Waals surface area (Å²) in [5, 5.41) is 0.805. The fourth-order valence-electron chi connectivity index (χ4n) is 3.64. The zero-order chi connectivity index (χ0) is 22.2. The van der Waals surface area contributed by atoms with E-state index in [0.717, 1.165) is 10.5 Å². The van der Waals surface area contributed by atoms with Crippen molar-refractivity contribution in [3.63, 3.8) is 0 Å². The van der Waals surface area contributed by atoms with Gasteiger partial charge >= 0.3 is 5.97 Å². The molecule has 1 aliphatic heterocycles. The van der Waals surface area contributed by atoms with Crippen molar-refractivity contribution in [1.82, 2.24) is 18.8 Å². The number of carbonyl (C=O) groups excluding carboxylic acids is 1. The van der Waals surface area contributed by atoms with Crippen LogP contribution in [0.3, 0.4) is 0 Å². The van der Waals surface area contributed by atoms with Crippen LogP contribution in [0.5, 0.6) is 0 Å². The lowest BCUT2D eigenvalue weighted by atomic mass is 10.3. The van der Waals surface area contributed by atoms with Gasteiger partial charge in [-0.1, -0.05) is 0 Å². The van der Waals surface area contributed by atoms with Crippen LogP contribution >= 0.6 is 11.3 Å². The molecule has 1 aromatic carbocycles. The quantitative estimate of drug-likeness (QED) is 0.516. The number of carbonyl (C=O) groups is 1. The maximum atomic E-state index is 13.0. The lowest BCUT2D eigenvalue weighted by molar-refractivity contribution is 0.0463. The Morgan fingerprint density at radius 2 is 1.97 bits per heavy atom. The summed E-state index contributed by atoms with van der Waals surface area (Å²) in [4.78, 5) is 21.9. The molecule has 0 atom stereocenters. The number of ether oxygens (including phenoxy) is 2. The number of esters is 1. The van der Waals surface area contributed by atoms with E-state index in [-0.39, 0.29) is 11.5 Å². The van der Waals surface area contributed by atoms with Gasteiger partial charge in [-0.2, -0.15) is 4.31 Å². The maximum Gasteiger partial charge on any atom is 0.350 e. The number of hydrogen-bond acceptors (Lipinski definition) is 8. The molecule has 166 valence electrons. The zero-order valence-electron chi connectivity index (χ0n) is 17.6. The van der Waals surface area contributed by atoms with E-state index in [9.17, 15) is 13.2 Å². The van der Waals surface area contributed by atoms with Crippen LogP contribution in [0, 0.1) is 13.8 Å². The van der Waals surface area contributed by atoms with Crippen molar-refractivity contribution in [1.29, 1.82) is 0 Å². The van der Waals surface area contributed by atoms with E-state index in [4.69, 9.17) is 9.47 Å². The second-order valence-corrected chi connectivity index (χ2v) is 10.3. The predicted molar refractivity (Wildman–Crippen MR) is 116 cm³/mol. The highest BCUT2D eigenvalue weighted by atomic mass is 32.2. The Morgan fingerprint density at radius 3 is 2.61 bits per heavy atom. The lowest BCUT2D eigenvalue weighted by Crippen LogP contribution is -2.40. The first-order valence-electron chi connectivity index (χ1n) is 9.99. The van der Waals surface area contributed by atoms with E-state index < -0.39 is 16.0 Å². The van der Waals surface area contributed by atoms with Gasteiger partial charge in [0, 0.05) is 19.6 Å². The Kier molecular flexibility index (Phi) is 6.11. The Bertz CT molecular complexity index is 1230. The molecule has 1 saturated heterocycles. The molecule has 31 heavy (non-hydrogen) atoms. The number of hydrogen-bond donors (Lipinski definition) is 0. The van der Waals surface area contributed by atoms with Gasteiger partial charge in [0.25, 0.3) is 0 Å². The van der Waals surface area contributed by atoms with Crippen molar-refractivity contribution in [3.8, 4) is 0 Å². The fourth-order valence-corrected chi connectivity index (χ4v) is 5.88. The van der Waals surface area contributed by atoms with Crippen molar-refractivity contribution < 1.29 is 22.7 Å². The molecule has 0 unspecified atom stereocenters. The van der Waals surface area contributed by atoms with Crippen LogP contribution in [0.25, 0.3) is 11.0 Å². The smallest absolute Gasteiger partial charge is 0.350 e. The van der Waals surface area contributed by atoms with Gasteiger partial charge < -0.3 is 14.0 Å². The molecule has 0 bridgehead atoms. The first-order chi connectivity index (χ1) is 14.8. The van der Waals surface area contributed by atoms with Crippen LogP contribution in [0.15, 0.2) is 23.1 Å². The molecular weight excluding hydrogens is 440 g/mol. The Morgan fingerprint density at radius 1 is 1.23 bits per heavy atom. The standard InChI is InChI=1S/C20H24N4O5S2/c1-4-24-17-6-5-15(31(26,27)23-7-9-28-10-8-23)11-16(17)22-18(24)12-29-20(25)19-13(2)21-14(3)30-19/h5-6,11H,4,7-10,12H2,1-3H3. The predicted octanol–water partition coefficient (Wildman–Crippen LogP) is 2.51. The first-order valence-corrected chi connectivity index (χ1v) is 12.2. The molecule has 3 aromatic rings. The monoisotopic (exact) mass is 464 g/mol. The summed E-state index contributed by atoms with van der Waals surface area (Å²) in [6.07, 6.45) is 0. The molecule has 3 heterocycles. The molecule has 0 amide bonds. The first kappa shape index (κ1) is 21.9. The summed E-state index contributed by atoms with van der Waals surface area (Å²) in [5.41, 5.74) is 1.99. The molecule has 0 spiro atoms. The highest BCUT2D eigenvalue weighted by Gasteiger charge is 2.27. The number of sulfonamides is 1. The lowest BCUT2D eigenvalue weighted by Gasteiger charge is -2.26. The third kappa shape index (κ3) is 4.22. The zero-order valence-corrected chi connectivity index (χ0v) is 19.3. The number of imidazole rings is 1. The highest BCUT2D eigenvalue weighted by molar-refractivity contribution is 7.89. The van der Waals surface area contributed by atoms with Crippen molar-refractivity contribution in [2.24, 2.45) is 0 Å². The fraction of sp³-hybridized carbons (Fsp3) is 0.450. The van der Waals surface area contributed by atoms with Crippen LogP contribution in [-0.4, -0.2) is 59.5 Å². The molecule has 1 aliphatic rings. The van der Waals surface area contributed by atoms with Gasteiger partial charge in [0.05, 0.1) is 39.8 Å². The van der Waals surface area contributed by atoms with Gasteiger partial charge in [-0.15, -0.1) is 11.3 Å². The van der Waals surface area contributed by atoms with Gasteiger partial charge in [-0.05, 0) is 39.0 Å². The second-order valence-electron chi connectivity index (χ2n) is 7.16.